The van der Waals surface area contributed by atoms with Gasteiger partial charge in [0.2, 0.25) is 0 Å². The molecule has 48 valence electrons. The van der Waals surface area contributed by atoms with Crippen molar-refractivity contribution in [1.82, 2.24) is 0 Å². The maximum Gasteiger partial charge on any atom is 2.00 e. The molecule has 0 unspecified atom stereocenters. The van der Waals surface area contributed by atoms with Gasteiger partial charge in [-0.3, -0.25) is 0 Å². The third-order valence-corrected chi connectivity index (χ3v) is 0. The Balaban J connectivity index is -0.00000000800. The van der Waals surface area contributed by atoms with Gasteiger partial charge in [-0.15, -0.1) is 0 Å². The molecule has 0 aliphatic heterocycles. The fraction of sp³-hybridized carbons (Fsp3) is 0. The van der Waals surface area contributed by atoms with E-state index >= 15 is 0 Å². The van der Waals surface area contributed by atoms with Gasteiger partial charge in [0.15, 0.2) is 0 Å². The summed E-state index contributed by atoms with van der Waals surface area (Å²) < 4.78 is 0. The quantitative estimate of drug-likeness (QED) is 0.387. The van der Waals surface area contributed by atoms with Gasteiger partial charge >= 0.3 is 113 Å². The molecule has 0 atom stereocenters. The average molecular weight is 246 g/mol. The van der Waals surface area contributed by atoms with E-state index in [1.807, 2.05) is 0 Å². The van der Waals surface area contributed by atoms with Crippen LogP contribution in [0.4, 0.5) is 0 Å². The summed E-state index contributed by atoms with van der Waals surface area (Å²) in [6.07, 6.45) is 0. The minimum atomic E-state index is -5.61. The van der Waals surface area contributed by atoms with Gasteiger partial charge in [-0.1, -0.05) is 0 Å². The van der Waals surface area contributed by atoms with Crippen molar-refractivity contribution in [2.75, 3.05) is 0 Å². The zero-order chi connectivity index (χ0) is 4.50. The van der Waals surface area contributed by atoms with Gasteiger partial charge in [-0.25, -0.2) is 0 Å². The molecule has 0 saturated carbocycles. The summed E-state index contributed by atoms with van der Waals surface area (Å²) in [6, 6.07) is 0. The number of hydrogen-bond donors (Lipinski definition) is 0. The molecule has 10 heavy (non-hydrogen) atoms. The van der Waals surface area contributed by atoms with E-state index in [1.165, 1.54) is 0 Å². The predicted molar refractivity (Wildman–Crippen MR) is 26.9 cm³/mol. The first-order chi connectivity index (χ1) is 2.00. The molecule has 0 fully saturated rings. The summed E-state index contributed by atoms with van der Waals surface area (Å²) in [5.74, 6) is 0. The van der Waals surface area contributed by atoms with Crippen LogP contribution in [0.3, 0.4) is 0 Å². The molecule has 2 N–H and O–H groups in total. The Labute approximate surface area is 149 Å². The van der Waals surface area contributed by atoms with Crippen LogP contribution in [0.5, 0.6) is 0 Å². The molecule has 0 spiro atoms. The standard InChI is InChI=1S/3Ca.O4Si.2H2O/c;;;1-5(2,3)4;;/h;;;;2*1H2/q3*+2;-4;;/p-2. The van der Waals surface area contributed by atoms with Crippen LogP contribution in [0.25, 0.3) is 0 Å². The Morgan fingerprint density at radius 3 is 0.600 bits per heavy atom. The first-order valence-corrected chi connectivity index (χ1v) is 2.45. The molecular weight excluding hydrogens is 244 g/mol. The molecule has 0 heterocycles. The zero-order valence-electron chi connectivity index (χ0n) is 5.15. The van der Waals surface area contributed by atoms with E-state index < -0.39 is 9.05 Å². The minimum Gasteiger partial charge on any atom is -0.894 e. The second-order valence-electron chi connectivity index (χ2n) is 0.500. The fourth-order valence-electron chi connectivity index (χ4n) is 0. The van der Waals surface area contributed by atoms with Crippen LogP contribution in [-0.4, -0.2) is 133 Å². The second-order valence-corrected chi connectivity index (χ2v) is 1.50. The summed E-state index contributed by atoms with van der Waals surface area (Å²) >= 11 is 0. The van der Waals surface area contributed by atoms with Gasteiger partial charge in [-0.05, 0) is 0 Å². The van der Waals surface area contributed by atoms with Crippen LogP contribution < -0.4 is 19.2 Å². The van der Waals surface area contributed by atoms with Crippen molar-refractivity contribution in [2.45, 2.75) is 0 Å². The molecule has 0 saturated heterocycles. The number of rotatable bonds is 0. The Hall–Kier alpha value is 3.76. The van der Waals surface area contributed by atoms with Crippen LogP contribution in [0.1, 0.15) is 0 Å². The van der Waals surface area contributed by atoms with Crippen molar-refractivity contribution in [3.63, 3.8) is 0 Å². The monoisotopic (exact) mass is 246 g/mol. The molecule has 0 aromatic carbocycles. The van der Waals surface area contributed by atoms with Crippen molar-refractivity contribution in [2.24, 2.45) is 0 Å². The summed E-state index contributed by atoms with van der Waals surface area (Å²) in [4.78, 5) is 34.3. The SMILES string of the molecule is [Ca+2].[Ca+2].[Ca+2].[O-][Si]([O-])([O-])[O-].[OH-].[OH-]. The van der Waals surface area contributed by atoms with Crippen molar-refractivity contribution in [3.05, 3.63) is 0 Å². The molecule has 0 amide bonds. The van der Waals surface area contributed by atoms with Gasteiger partial charge < -0.3 is 39.2 Å². The smallest absolute Gasteiger partial charge is 0.894 e. The van der Waals surface area contributed by atoms with Crippen molar-refractivity contribution < 1.29 is 30.1 Å². The zero-order valence-corrected chi connectivity index (χ0v) is 12.8. The van der Waals surface area contributed by atoms with E-state index in [0.29, 0.717) is 0 Å². The predicted octanol–water partition coefficient (Wildman–Crippen LogP) is -6.63. The Kier molecular flexibility index (Phi) is 68.9. The third-order valence-electron chi connectivity index (χ3n) is 0. The Morgan fingerprint density at radius 1 is 0.600 bits per heavy atom. The summed E-state index contributed by atoms with van der Waals surface area (Å²) in [6.45, 7) is 0. The minimum absolute atomic E-state index is 0. The summed E-state index contributed by atoms with van der Waals surface area (Å²) in [7, 11) is -5.61. The fourth-order valence-corrected chi connectivity index (χ4v) is 0. The van der Waals surface area contributed by atoms with E-state index in [1.54, 1.807) is 0 Å². The molecule has 10 heteroatoms. The van der Waals surface area contributed by atoms with E-state index in [9.17, 15) is 0 Å². The Morgan fingerprint density at radius 2 is 0.600 bits per heavy atom. The summed E-state index contributed by atoms with van der Waals surface area (Å²) in [5.41, 5.74) is 0. The topological polar surface area (TPSA) is 152 Å². The van der Waals surface area contributed by atoms with Crippen molar-refractivity contribution in [3.8, 4) is 0 Å². The molecule has 0 aromatic heterocycles. The van der Waals surface area contributed by atoms with Crippen LogP contribution >= 0.6 is 0 Å². The molecular formula is H2Ca3O6Si. The molecule has 0 aromatic rings. The maximum absolute atomic E-state index is 8.58. The first kappa shape index (κ1) is 37.2. The molecule has 0 bridgehead atoms. The van der Waals surface area contributed by atoms with E-state index in [4.69, 9.17) is 19.2 Å². The van der Waals surface area contributed by atoms with Gasteiger partial charge in [0, 0.05) is 0 Å². The van der Waals surface area contributed by atoms with Gasteiger partial charge in [0.1, 0.15) is 0 Å². The molecule has 0 aliphatic carbocycles. The van der Waals surface area contributed by atoms with Crippen LogP contribution in [0.2, 0.25) is 0 Å². The number of hydrogen-bond acceptors (Lipinski definition) is 6. The van der Waals surface area contributed by atoms with E-state index in [0.717, 1.165) is 0 Å². The van der Waals surface area contributed by atoms with Crippen LogP contribution in [-0.2, 0) is 0 Å². The van der Waals surface area contributed by atoms with Crippen LogP contribution in [0, 0.1) is 0 Å². The van der Waals surface area contributed by atoms with Gasteiger partial charge in [0.25, 0.3) is 0 Å². The van der Waals surface area contributed by atoms with E-state index in [-0.39, 0.29) is 124 Å². The van der Waals surface area contributed by atoms with Crippen molar-refractivity contribution >= 4 is 122 Å². The molecule has 0 rings (SSSR count). The normalized spacial score (nSPS) is 6.00. The third kappa shape index (κ3) is 96.4. The maximum atomic E-state index is 8.58. The van der Waals surface area contributed by atoms with Crippen molar-refractivity contribution in [1.29, 1.82) is 0 Å². The van der Waals surface area contributed by atoms with E-state index in [2.05, 4.69) is 0 Å². The Bertz CT molecular complexity index is 28.5. The van der Waals surface area contributed by atoms with Gasteiger partial charge in [-0.2, -0.15) is 0 Å². The van der Waals surface area contributed by atoms with Crippen LogP contribution in [0.15, 0.2) is 0 Å². The largest absolute Gasteiger partial charge is 2.00 e. The molecule has 6 nitrogen and oxygen atoms in total. The summed E-state index contributed by atoms with van der Waals surface area (Å²) in [5, 5.41) is 0. The molecule has 0 aliphatic rings. The second kappa shape index (κ2) is 18.5. The first-order valence-electron chi connectivity index (χ1n) is 0.816. The molecule has 0 radical (unpaired) electrons. The average Bonchev–Trinajstić information content (AvgIpc) is 0.722. The van der Waals surface area contributed by atoms with Gasteiger partial charge in [0.05, 0.1) is 0 Å².